The van der Waals surface area contributed by atoms with Crippen molar-refractivity contribution >= 4 is 31.8 Å². The average Bonchev–Trinajstić information content (AvgIpc) is 2.05. The Morgan fingerprint density at radius 1 is 1.50 bits per heavy atom. The first-order chi connectivity index (χ1) is 5.24. The molecule has 0 saturated heterocycles. The van der Waals surface area contributed by atoms with Crippen molar-refractivity contribution in [2.24, 2.45) is 0 Å². The van der Waals surface area contributed by atoms with Crippen LogP contribution in [0.5, 0.6) is 0 Å². The van der Waals surface area contributed by atoms with Crippen LogP contribution in [0.2, 0.25) is 0 Å². The van der Waals surface area contributed by atoms with E-state index in [0.717, 1.165) is 12.0 Å². The van der Waals surface area contributed by atoms with Crippen LogP contribution in [0.1, 0.15) is 22.8 Å². The third kappa shape index (κ3) is 2.89. The number of benzene rings is 1. The Labute approximate surface area is 90.4 Å². The van der Waals surface area contributed by atoms with Crippen molar-refractivity contribution in [3.05, 3.63) is 35.4 Å². The van der Waals surface area contributed by atoms with Gasteiger partial charge in [-0.25, -0.2) is 4.79 Å². The molecule has 1 aromatic carbocycles. The molecule has 1 aromatic rings. The number of hydrogen-bond acceptors (Lipinski definition) is 1. The predicted octanol–water partition coefficient (Wildman–Crippen LogP) is 1.57. The van der Waals surface area contributed by atoms with E-state index in [2.05, 4.69) is 0 Å². The van der Waals surface area contributed by atoms with Crippen molar-refractivity contribution in [3.8, 4) is 0 Å². The first-order valence-corrected chi connectivity index (χ1v) is 3.56. The topological polar surface area (TPSA) is 37.3 Å². The van der Waals surface area contributed by atoms with Gasteiger partial charge in [0.15, 0.2) is 0 Å². The fourth-order valence-corrected chi connectivity index (χ4v) is 0.924. The van der Waals surface area contributed by atoms with E-state index < -0.39 is 5.97 Å². The zero-order chi connectivity index (χ0) is 8.27. The monoisotopic (exact) mass is 265 g/mol. The summed E-state index contributed by atoms with van der Waals surface area (Å²) in [5.74, 6) is -0.861. The minimum absolute atomic E-state index is 0. The molecule has 0 heterocycles. The third-order valence-electron chi connectivity index (χ3n) is 1.58. The van der Waals surface area contributed by atoms with Gasteiger partial charge in [-0.3, -0.25) is 0 Å². The van der Waals surface area contributed by atoms with Crippen LogP contribution in [0, 0.1) is 0 Å². The number of aromatic carboxylic acids is 1. The van der Waals surface area contributed by atoms with Crippen LogP contribution in [0.25, 0.3) is 0 Å². The molecule has 0 spiro atoms. The van der Waals surface area contributed by atoms with Crippen LogP contribution in [0.15, 0.2) is 24.3 Å². The minimum atomic E-state index is -0.861. The van der Waals surface area contributed by atoms with E-state index in [0.29, 0.717) is 5.56 Å². The second-order valence-corrected chi connectivity index (χ2v) is 2.36. The quantitative estimate of drug-likeness (QED) is 0.881. The van der Waals surface area contributed by atoms with Crippen molar-refractivity contribution in [2.75, 3.05) is 0 Å². The molecule has 0 aliphatic heterocycles. The van der Waals surface area contributed by atoms with Gasteiger partial charge in [0, 0.05) is 25.8 Å². The van der Waals surface area contributed by atoms with Crippen molar-refractivity contribution < 1.29 is 9.90 Å². The van der Waals surface area contributed by atoms with Gasteiger partial charge in [-0.2, -0.15) is 0 Å². The fourth-order valence-electron chi connectivity index (χ4n) is 0.924. The van der Waals surface area contributed by atoms with E-state index in [9.17, 15) is 4.79 Å². The Balaban J connectivity index is 0.00000121. The number of hydrogen-bond donors (Lipinski definition) is 1. The van der Waals surface area contributed by atoms with E-state index in [-0.39, 0.29) is 25.8 Å². The first-order valence-electron chi connectivity index (χ1n) is 3.56. The molecule has 0 amide bonds. The maximum Gasteiger partial charge on any atom is 0.335 e. The maximum atomic E-state index is 10.5. The molecule has 2 nitrogen and oxygen atoms in total. The maximum absolute atomic E-state index is 10.5. The molecule has 0 saturated carbocycles. The minimum Gasteiger partial charge on any atom is -0.478 e. The summed E-state index contributed by atoms with van der Waals surface area (Å²) in [6.45, 7) is 2.00. The van der Waals surface area contributed by atoms with Gasteiger partial charge in [-0.1, -0.05) is 19.1 Å². The van der Waals surface area contributed by atoms with Crippen LogP contribution < -0.4 is 0 Å². The Bertz CT molecular complexity index is 271. The SMILES string of the molecule is CCc1cccc(C(=O)O)c1.[In]. The molecule has 0 aliphatic carbocycles. The van der Waals surface area contributed by atoms with E-state index in [1.165, 1.54) is 0 Å². The van der Waals surface area contributed by atoms with Crippen LogP contribution in [-0.4, -0.2) is 36.9 Å². The van der Waals surface area contributed by atoms with Gasteiger partial charge in [-0.15, -0.1) is 0 Å². The van der Waals surface area contributed by atoms with Crippen LogP contribution in [0.3, 0.4) is 0 Å². The Hall–Kier alpha value is -0.440. The normalized spacial score (nSPS) is 8.75. The molecular formula is C9H10InO2. The number of carboxylic acid groups (broad SMARTS) is 1. The summed E-state index contributed by atoms with van der Waals surface area (Å²) < 4.78 is 0. The van der Waals surface area contributed by atoms with Crippen molar-refractivity contribution in [1.29, 1.82) is 0 Å². The molecule has 1 N–H and O–H groups in total. The Morgan fingerprint density at radius 2 is 2.17 bits per heavy atom. The van der Waals surface area contributed by atoms with Crippen molar-refractivity contribution in [2.45, 2.75) is 13.3 Å². The summed E-state index contributed by atoms with van der Waals surface area (Å²) in [6.07, 6.45) is 0.876. The molecular weight excluding hydrogens is 255 g/mol. The molecule has 0 bridgehead atoms. The number of carbonyl (C=O) groups is 1. The molecule has 0 aliphatic rings. The van der Waals surface area contributed by atoms with Gasteiger partial charge < -0.3 is 5.11 Å². The second kappa shape index (κ2) is 5.25. The zero-order valence-electron chi connectivity index (χ0n) is 6.95. The average molecular weight is 265 g/mol. The summed E-state index contributed by atoms with van der Waals surface area (Å²) >= 11 is 0. The summed E-state index contributed by atoms with van der Waals surface area (Å²) in [6, 6.07) is 6.98. The molecule has 0 fully saturated rings. The van der Waals surface area contributed by atoms with Crippen LogP contribution >= 0.6 is 0 Å². The van der Waals surface area contributed by atoms with Gasteiger partial charge in [0.25, 0.3) is 0 Å². The van der Waals surface area contributed by atoms with Crippen LogP contribution in [-0.2, 0) is 6.42 Å². The van der Waals surface area contributed by atoms with Gasteiger partial charge in [0.1, 0.15) is 0 Å². The third-order valence-corrected chi connectivity index (χ3v) is 1.58. The van der Waals surface area contributed by atoms with Crippen molar-refractivity contribution in [3.63, 3.8) is 0 Å². The summed E-state index contributed by atoms with van der Waals surface area (Å²) in [4.78, 5) is 10.5. The number of carboxylic acids is 1. The molecule has 3 radical (unpaired) electrons. The molecule has 0 unspecified atom stereocenters. The van der Waals surface area contributed by atoms with E-state index in [4.69, 9.17) is 5.11 Å². The Morgan fingerprint density at radius 3 is 2.67 bits per heavy atom. The number of rotatable bonds is 2. The van der Waals surface area contributed by atoms with Crippen molar-refractivity contribution in [1.82, 2.24) is 0 Å². The standard InChI is InChI=1S/C9H10O2.In/c1-2-7-4-3-5-8(6-7)9(10)11;/h3-6H,2H2,1H3,(H,10,11);. The fraction of sp³-hybridized carbons (Fsp3) is 0.222. The first kappa shape index (κ1) is 11.6. The smallest absolute Gasteiger partial charge is 0.335 e. The van der Waals surface area contributed by atoms with E-state index >= 15 is 0 Å². The predicted molar refractivity (Wildman–Crippen MR) is 48.5 cm³/mol. The largest absolute Gasteiger partial charge is 0.478 e. The molecule has 3 heteroatoms. The van der Waals surface area contributed by atoms with E-state index in [1.54, 1.807) is 18.2 Å². The number of aryl methyl sites for hydroxylation is 1. The second-order valence-electron chi connectivity index (χ2n) is 2.36. The summed E-state index contributed by atoms with van der Waals surface area (Å²) in [7, 11) is 0. The molecule has 1 rings (SSSR count). The molecule has 0 atom stereocenters. The molecule has 0 aromatic heterocycles. The van der Waals surface area contributed by atoms with Crippen LogP contribution in [0.4, 0.5) is 0 Å². The van der Waals surface area contributed by atoms with Gasteiger partial charge in [0.2, 0.25) is 0 Å². The zero-order valence-corrected chi connectivity index (χ0v) is 10.2. The van der Waals surface area contributed by atoms with Gasteiger partial charge >= 0.3 is 5.97 Å². The van der Waals surface area contributed by atoms with Gasteiger partial charge in [0.05, 0.1) is 5.56 Å². The summed E-state index contributed by atoms with van der Waals surface area (Å²) in [5, 5.41) is 8.60. The van der Waals surface area contributed by atoms with E-state index in [1.807, 2.05) is 13.0 Å². The Kier molecular flexibility index (Phi) is 5.06. The molecule has 12 heavy (non-hydrogen) atoms. The summed E-state index contributed by atoms with van der Waals surface area (Å²) in [5.41, 5.74) is 1.43. The van der Waals surface area contributed by atoms with Gasteiger partial charge in [-0.05, 0) is 24.1 Å². The molecule has 61 valence electrons.